The van der Waals surface area contributed by atoms with Gasteiger partial charge in [0.1, 0.15) is 0 Å². The number of aromatic nitrogens is 2. The van der Waals surface area contributed by atoms with Crippen LogP contribution >= 0.6 is 0 Å². The molecule has 1 atom stereocenters. The molecule has 0 aromatic carbocycles. The van der Waals surface area contributed by atoms with Crippen molar-refractivity contribution in [3.05, 3.63) is 59.7 Å². The van der Waals surface area contributed by atoms with E-state index in [1.54, 1.807) is 12.4 Å². The summed E-state index contributed by atoms with van der Waals surface area (Å²) in [5.41, 5.74) is 9.60. The van der Waals surface area contributed by atoms with Gasteiger partial charge >= 0.3 is 0 Å². The van der Waals surface area contributed by atoms with Crippen LogP contribution in [0, 0.1) is 6.92 Å². The van der Waals surface area contributed by atoms with Crippen molar-refractivity contribution >= 4 is 0 Å². The van der Waals surface area contributed by atoms with Crippen LogP contribution in [-0.2, 0) is 6.42 Å². The molecule has 16 heavy (non-hydrogen) atoms. The van der Waals surface area contributed by atoms with E-state index >= 15 is 0 Å². The van der Waals surface area contributed by atoms with Crippen LogP contribution in [0.1, 0.15) is 22.7 Å². The maximum Gasteiger partial charge on any atom is 0.0354 e. The first kappa shape index (κ1) is 10.8. The molecule has 2 rings (SSSR count). The highest BCUT2D eigenvalue weighted by molar-refractivity contribution is 5.26. The highest BCUT2D eigenvalue weighted by atomic mass is 14.7. The second-order valence-corrected chi connectivity index (χ2v) is 3.90. The fraction of sp³-hybridized carbons (Fsp3) is 0.231. The van der Waals surface area contributed by atoms with Crippen LogP contribution in [0.25, 0.3) is 0 Å². The molecule has 0 spiro atoms. The van der Waals surface area contributed by atoms with Crippen molar-refractivity contribution < 1.29 is 0 Å². The molecule has 0 amide bonds. The molecule has 2 aromatic rings. The maximum absolute atomic E-state index is 6.16. The molecular weight excluding hydrogens is 198 g/mol. The second kappa shape index (κ2) is 4.86. The summed E-state index contributed by atoms with van der Waals surface area (Å²) < 4.78 is 0. The van der Waals surface area contributed by atoms with E-state index in [4.69, 9.17) is 5.73 Å². The van der Waals surface area contributed by atoms with Gasteiger partial charge in [0.25, 0.3) is 0 Å². The topological polar surface area (TPSA) is 51.8 Å². The maximum atomic E-state index is 6.16. The summed E-state index contributed by atoms with van der Waals surface area (Å²) in [7, 11) is 0. The number of nitrogens with zero attached hydrogens (tertiary/aromatic N) is 2. The first-order valence-corrected chi connectivity index (χ1v) is 5.32. The number of hydrogen-bond donors (Lipinski definition) is 1. The first-order valence-electron chi connectivity index (χ1n) is 5.32. The van der Waals surface area contributed by atoms with Crippen molar-refractivity contribution in [1.29, 1.82) is 0 Å². The van der Waals surface area contributed by atoms with Gasteiger partial charge in [-0.1, -0.05) is 6.07 Å². The predicted octanol–water partition coefficient (Wildman–Crippen LogP) is 2.03. The molecule has 0 radical (unpaired) electrons. The van der Waals surface area contributed by atoms with Gasteiger partial charge in [-0.2, -0.15) is 0 Å². The van der Waals surface area contributed by atoms with E-state index in [0.29, 0.717) is 0 Å². The zero-order chi connectivity index (χ0) is 11.4. The molecule has 1 unspecified atom stereocenters. The third-order valence-corrected chi connectivity index (χ3v) is 2.66. The smallest absolute Gasteiger partial charge is 0.0354 e. The lowest BCUT2D eigenvalue weighted by Crippen LogP contribution is -2.15. The van der Waals surface area contributed by atoms with E-state index in [-0.39, 0.29) is 6.04 Å². The summed E-state index contributed by atoms with van der Waals surface area (Å²) in [6, 6.07) is 5.94. The Morgan fingerprint density at radius 3 is 2.69 bits per heavy atom. The molecule has 3 heteroatoms. The number of aryl methyl sites for hydroxylation is 1. The van der Waals surface area contributed by atoms with Gasteiger partial charge in [0.15, 0.2) is 0 Å². The Morgan fingerprint density at radius 1 is 1.19 bits per heavy atom. The van der Waals surface area contributed by atoms with Crippen molar-refractivity contribution in [3.8, 4) is 0 Å². The van der Waals surface area contributed by atoms with Crippen LogP contribution in [0.2, 0.25) is 0 Å². The Morgan fingerprint density at radius 2 is 2.00 bits per heavy atom. The average Bonchev–Trinajstić information content (AvgIpc) is 2.31. The zero-order valence-electron chi connectivity index (χ0n) is 9.30. The minimum Gasteiger partial charge on any atom is -0.324 e. The van der Waals surface area contributed by atoms with E-state index < -0.39 is 0 Å². The van der Waals surface area contributed by atoms with E-state index in [1.807, 2.05) is 30.6 Å². The molecule has 0 aliphatic carbocycles. The van der Waals surface area contributed by atoms with Crippen LogP contribution in [0.3, 0.4) is 0 Å². The lowest BCUT2D eigenvalue weighted by Gasteiger charge is -2.13. The molecule has 2 N–H and O–H groups in total. The normalized spacial score (nSPS) is 12.4. The second-order valence-electron chi connectivity index (χ2n) is 3.90. The molecule has 2 heterocycles. The fourth-order valence-corrected chi connectivity index (χ4v) is 1.75. The van der Waals surface area contributed by atoms with Gasteiger partial charge in [-0.15, -0.1) is 0 Å². The highest BCUT2D eigenvalue weighted by Gasteiger charge is 2.09. The minimum absolute atomic E-state index is 0.0158. The lowest BCUT2D eigenvalue weighted by atomic mass is 9.99. The SMILES string of the molecule is Cc1ccncc1C(N)Cc1cccnc1. The average molecular weight is 213 g/mol. The van der Waals surface area contributed by atoms with E-state index in [9.17, 15) is 0 Å². The first-order chi connectivity index (χ1) is 7.77. The summed E-state index contributed by atoms with van der Waals surface area (Å²) in [6.45, 7) is 2.06. The van der Waals surface area contributed by atoms with Crippen molar-refractivity contribution in [2.24, 2.45) is 5.73 Å². The van der Waals surface area contributed by atoms with Crippen molar-refractivity contribution in [3.63, 3.8) is 0 Å². The van der Waals surface area contributed by atoms with Gasteiger partial charge in [-0.05, 0) is 42.2 Å². The Kier molecular flexibility index (Phi) is 3.27. The summed E-state index contributed by atoms with van der Waals surface area (Å²) in [4.78, 5) is 8.20. The van der Waals surface area contributed by atoms with Gasteiger partial charge in [0.2, 0.25) is 0 Å². The Hall–Kier alpha value is -1.74. The van der Waals surface area contributed by atoms with Crippen LogP contribution in [-0.4, -0.2) is 9.97 Å². The summed E-state index contributed by atoms with van der Waals surface area (Å²) in [6.07, 6.45) is 8.04. The van der Waals surface area contributed by atoms with Crippen LogP contribution in [0.5, 0.6) is 0 Å². The molecule has 0 saturated heterocycles. The van der Waals surface area contributed by atoms with Crippen LogP contribution < -0.4 is 5.73 Å². The van der Waals surface area contributed by atoms with Crippen LogP contribution in [0.15, 0.2) is 43.0 Å². The number of rotatable bonds is 3. The number of pyridine rings is 2. The van der Waals surface area contributed by atoms with E-state index in [1.165, 1.54) is 5.56 Å². The Balaban J connectivity index is 2.15. The quantitative estimate of drug-likeness (QED) is 0.848. The Labute approximate surface area is 95.4 Å². The van der Waals surface area contributed by atoms with Crippen molar-refractivity contribution in [2.75, 3.05) is 0 Å². The van der Waals surface area contributed by atoms with Gasteiger partial charge < -0.3 is 5.73 Å². The van der Waals surface area contributed by atoms with Crippen molar-refractivity contribution in [2.45, 2.75) is 19.4 Å². The van der Waals surface area contributed by atoms with Crippen LogP contribution in [0.4, 0.5) is 0 Å². The lowest BCUT2D eigenvalue weighted by molar-refractivity contribution is 0.710. The fourth-order valence-electron chi connectivity index (χ4n) is 1.75. The third-order valence-electron chi connectivity index (χ3n) is 2.66. The summed E-state index contributed by atoms with van der Waals surface area (Å²) >= 11 is 0. The van der Waals surface area contributed by atoms with E-state index in [0.717, 1.165) is 17.5 Å². The molecule has 0 aliphatic rings. The standard InChI is InChI=1S/C13H15N3/c1-10-4-6-16-9-12(10)13(14)7-11-3-2-5-15-8-11/h2-6,8-9,13H,7,14H2,1H3. The molecule has 3 nitrogen and oxygen atoms in total. The van der Waals surface area contributed by atoms with Gasteiger partial charge in [0, 0.05) is 30.8 Å². The van der Waals surface area contributed by atoms with Crippen molar-refractivity contribution in [1.82, 2.24) is 9.97 Å². The molecule has 2 aromatic heterocycles. The molecule has 82 valence electrons. The molecular formula is C13H15N3. The summed E-state index contributed by atoms with van der Waals surface area (Å²) in [5.74, 6) is 0. The van der Waals surface area contributed by atoms with Gasteiger partial charge in [-0.25, -0.2) is 0 Å². The monoisotopic (exact) mass is 213 g/mol. The molecule has 0 bridgehead atoms. The zero-order valence-corrected chi connectivity index (χ0v) is 9.30. The van der Waals surface area contributed by atoms with E-state index in [2.05, 4.69) is 16.9 Å². The Bertz CT molecular complexity index is 454. The molecule has 0 saturated carbocycles. The highest BCUT2D eigenvalue weighted by Crippen LogP contribution is 2.17. The molecule has 0 fully saturated rings. The molecule has 0 aliphatic heterocycles. The largest absolute Gasteiger partial charge is 0.324 e. The van der Waals surface area contributed by atoms with Gasteiger partial charge in [0.05, 0.1) is 0 Å². The number of nitrogens with two attached hydrogens (primary N) is 1. The predicted molar refractivity (Wildman–Crippen MR) is 63.8 cm³/mol. The minimum atomic E-state index is -0.0158. The third kappa shape index (κ3) is 2.44. The van der Waals surface area contributed by atoms with Gasteiger partial charge in [-0.3, -0.25) is 9.97 Å². The summed E-state index contributed by atoms with van der Waals surface area (Å²) in [5, 5.41) is 0. The number of hydrogen-bond acceptors (Lipinski definition) is 3.